The van der Waals surface area contributed by atoms with Gasteiger partial charge in [0.15, 0.2) is 0 Å². The third-order valence-corrected chi connectivity index (χ3v) is 6.30. The van der Waals surface area contributed by atoms with Crippen molar-refractivity contribution in [2.24, 2.45) is 0 Å². The Bertz CT molecular complexity index is 1240. The molecule has 1 fully saturated rings. The molecule has 1 amide bonds. The quantitative estimate of drug-likeness (QED) is 0.222. The second-order valence-electron chi connectivity index (χ2n) is 8.53. The van der Waals surface area contributed by atoms with Crippen molar-refractivity contribution in [1.29, 1.82) is 0 Å². The van der Waals surface area contributed by atoms with Crippen LogP contribution in [0.25, 0.3) is 0 Å². The van der Waals surface area contributed by atoms with Crippen LogP contribution in [0.5, 0.6) is 0 Å². The number of thioether (sulfide) groups is 1. The molecule has 36 heavy (non-hydrogen) atoms. The van der Waals surface area contributed by atoms with E-state index in [4.69, 9.17) is 0 Å². The van der Waals surface area contributed by atoms with Crippen LogP contribution in [-0.2, 0) is 0 Å². The molecule has 5 nitrogen and oxygen atoms in total. The lowest BCUT2D eigenvalue weighted by Gasteiger charge is -2.17. The molecular weight excluding hydrogens is 499 g/mol. The Morgan fingerprint density at radius 2 is 1.75 bits per heavy atom. The normalized spacial score (nSPS) is 14.1. The van der Waals surface area contributed by atoms with Crippen LogP contribution in [0, 0.1) is 18.6 Å². The van der Waals surface area contributed by atoms with Crippen molar-refractivity contribution in [1.82, 2.24) is 10.3 Å². The van der Waals surface area contributed by atoms with Gasteiger partial charge in [-0.05, 0) is 79.6 Å². The van der Waals surface area contributed by atoms with Gasteiger partial charge in [0, 0.05) is 16.6 Å². The number of amides is 1. The molecule has 1 heterocycles. The van der Waals surface area contributed by atoms with Gasteiger partial charge in [-0.25, -0.2) is 13.8 Å². The summed E-state index contributed by atoms with van der Waals surface area (Å²) in [5.74, 6) is -1.56. The molecule has 0 unspecified atom stereocenters. The number of alkyl halides is 3. The van der Waals surface area contributed by atoms with Crippen LogP contribution in [-0.4, -0.2) is 22.4 Å². The van der Waals surface area contributed by atoms with Crippen molar-refractivity contribution in [2.75, 3.05) is 10.6 Å². The van der Waals surface area contributed by atoms with E-state index in [1.807, 2.05) is 0 Å². The van der Waals surface area contributed by atoms with Crippen molar-refractivity contribution >= 4 is 40.5 Å². The molecule has 4 rings (SSSR count). The van der Waals surface area contributed by atoms with Crippen molar-refractivity contribution in [3.8, 4) is 0 Å². The molecule has 0 bridgehead atoms. The highest BCUT2D eigenvalue weighted by Crippen LogP contribution is 2.38. The molecular formula is C25H23F5N4OS. The lowest BCUT2D eigenvalue weighted by Crippen LogP contribution is -2.33. The monoisotopic (exact) mass is 522 g/mol. The molecule has 3 N–H and O–H groups in total. The number of pyridine rings is 1. The van der Waals surface area contributed by atoms with E-state index in [9.17, 15) is 26.7 Å². The molecule has 1 saturated carbocycles. The van der Waals surface area contributed by atoms with Crippen LogP contribution in [0.2, 0.25) is 0 Å². The Morgan fingerprint density at radius 1 is 1.00 bits per heavy atom. The number of halogens is 5. The molecule has 0 radical (unpaired) electrons. The third kappa shape index (κ3) is 6.87. The summed E-state index contributed by atoms with van der Waals surface area (Å²) in [6, 6.07) is 8.94. The minimum Gasteiger partial charge on any atom is -0.352 e. The molecule has 0 atom stereocenters. The lowest BCUT2D eigenvalue weighted by atomic mass is 10.1. The summed E-state index contributed by atoms with van der Waals surface area (Å²) in [4.78, 5) is 17.1. The first kappa shape index (κ1) is 25.7. The van der Waals surface area contributed by atoms with E-state index in [0.29, 0.717) is 11.3 Å². The molecule has 190 valence electrons. The maximum atomic E-state index is 14.5. The number of nitrogens with one attached hydrogen (secondary N) is 3. The smallest absolute Gasteiger partial charge is 0.352 e. The molecule has 1 aliphatic rings. The summed E-state index contributed by atoms with van der Waals surface area (Å²) >= 11 is -0.412. The highest BCUT2D eigenvalue weighted by molar-refractivity contribution is 8.00. The van der Waals surface area contributed by atoms with E-state index in [1.165, 1.54) is 30.5 Å². The molecule has 11 heteroatoms. The maximum Gasteiger partial charge on any atom is 0.446 e. The van der Waals surface area contributed by atoms with Crippen molar-refractivity contribution < 1.29 is 26.7 Å². The van der Waals surface area contributed by atoms with Gasteiger partial charge in [-0.2, -0.15) is 13.2 Å². The van der Waals surface area contributed by atoms with E-state index < -0.39 is 34.8 Å². The van der Waals surface area contributed by atoms with Gasteiger partial charge in [0.2, 0.25) is 0 Å². The number of aromatic nitrogens is 1. The van der Waals surface area contributed by atoms with Gasteiger partial charge in [0.05, 0.1) is 23.1 Å². The molecule has 0 saturated heterocycles. The minimum absolute atomic E-state index is 0.0227. The van der Waals surface area contributed by atoms with Gasteiger partial charge in [0.1, 0.15) is 17.5 Å². The zero-order chi connectivity index (χ0) is 25.9. The summed E-state index contributed by atoms with van der Waals surface area (Å²) in [6.45, 7) is 1.73. The van der Waals surface area contributed by atoms with Crippen LogP contribution in [0.1, 0.15) is 41.6 Å². The molecule has 1 aliphatic carbocycles. The number of anilines is 4. The summed E-state index contributed by atoms with van der Waals surface area (Å²) in [5, 5.41) is 8.70. The predicted molar refractivity (Wildman–Crippen MR) is 130 cm³/mol. The van der Waals surface area contributed by atoms with E-state index in [-0.39, 0.29) is 33.7 Å². The second kappa shape index (κ2) is 10.7. The summed E-state index contributed by atoms with van der Waals surface area (Å²) in [6.07, 6.45) is 5.09. The van der Waals surface area contributed by atoms with E-state index in [2.05, 4.69) is 20.9 Å². The van der Waals surface area contributed by atoms with Crippen LogP contribution >= 0.6 is 11.8 Å². The third-order valence-electron chi connectivity index (χ3n) is 5.58. The number of benzene rings is 2. The fourth-order valence-corrected chi connectivity index (χ4v) is 4.60. The van der Waals surface area contributed by atoms with Crippen molar-refractivity contribution in [3.63, 3.8) is 0 Å². The largest absolute Gasteiger partial charge is 0.446 e. The zero-order valence-corrected chi connectivity index (χ0v) is 20.0. The fourth-order valence-electron chi connectivity index (χ4n) is 4.03. The SMILES string of the molecule is Cc1cc(F)cc(Nc2ncc(Nc3ccc(SC(F)(F)F)cc3F)cc2C(=O)NC2CCCC2)c1. The number of rotatable bonds is 7. The van der Waals surface area contributed by atoms with Crippen LogP contribution in [0.15, 0.2) is 53.6 Å². The average molecular weight is 523 g/mol. The lowest BCUT2D eigenvalue weighted by molar-refractivity contribution is -0.0328. The molecule has 0 spiro atoms. The average Bonchev–Trinajstić information content (AvgIpc) is 3.28. The van der Waals surface area contributed by atoms with Gasteiger partial charge >= 0.3 is 5.51 Å². The summed E-state index contributed by atoms with van der Waals surface area (Å²) < 4.78 is 66.1. The van der Waals surface area contributed by atoms with E-state index >= 15 is 0 Å². The first-order valence-corrected chi connectivity index (χ1v) is 12.0. The predicted octanol–water partition coefficient (Wildman–Crippen LogP) is 7.44. The second-order valence-corrected chi connectivity index (χ2v) is 9.67. The van der Waals surface area contributed by atoms with Crippen LogP contribution in [0.3, 0.4) is 0 Å². The zero-order valence-electron chi connectivity index (χ0n) is 19.2. The van der Waals surface area contributed by atoms with Gasteiger partial charge in [0.25, 0.3) is 5.91 Å². The molecule has 0 aliphatic heterocycles. The molecule has 3 aromatic rings. The number of hydrogen-bond donors (Lipinski definition) is 3. The van der Waals surface area contributed by atoms with Gasteiger partial charge in [-0.1, -0.05) is 12.8 Å². The Hall–Kier alpha value is -3.34. The standard InChI is InChI=1S/C25H23F5N4OS/c1-14-8-15(26)10-17(9-14)33-23-20(24(35)34-16-4-2-3-5-16)11-18(13-31-23)32-22-7-6-19(12-21(22)27)36-25(28,29)30/h6-13,16,32H,2-5H2,1H3,(H,31,33)(H,34,35). The maximum absolute atomic E-state index is 14.5. The first-order chi connectivity index (χ1) is 17.1. The highest BCUT2D eigenvalue weighted by atomic mass is 32.2. The van der Waals surface area contributed by atoms with Crippen molar-refractivity contribution in [3.05, 3.63) is 71.4 Å². The Morgan fingerprint density at radius 3 is 2.42 bits per heavy atom. The number of carbonyl (C=O) groups is 1. The number of aryl methyl sites for hydroxylation is 1. The molecule has 1 aromatic heterocycles. The number of nitrogens with zero attached hydrogens (tertiary/aromatic N) is 1. The van der Waals surface area contributed by atoms with Crippen LogP contribution in [0.4, 0.5) is 44.8 Å². The Kier molecular flexibility index (Phi) is 7.67. The van der Waals surface area contributed by atoms with E-state index in [1.54, 1.807) is 13.0 Å². The topological polar surface area (TPSA) is 66.0 Å². The van der Waals surface area contributed by atoms with Gasteiger partial charge in [-0.15, -0.1) is 0 Å². The number of carbonyl (C=O) groups excluding carboxylic acids is 1. The fraction of sp³-hybridized carbons (Fsp3) is 0.280. The minimum atomic E-state index is -4.53. The van der Waals surface area contributed by atoms with Gasteiger partial charge in [-0.3, -0.25) is 4.79 Å². The summed E-state index contributed by atoms with van der Waals surface area (Å²) in [5.41, 5.74) is -3.13. The number of hydrogen-bond acceptors (Lipinski definition) is 5. The van der Waals surface area contributed by atoms with Crippen molar-refractivity contribution in [2.45, 2.75) is 49.1 Å². The van der Waals surface area contributed by atoms with Crippen LogP contribution < -0.4 is 16.0 Å². The van der Waals surface area contributed by atoms with Gasteiger partial charge < -0.3 is 16.0 Å². The molecule has 2 aromatic carbocycles. The Balaban J connectivity index is 1.61. The first-order valence-electron chi connectivity index (χ1n) is 11.2. The Labute approximate surface area is 208 Å². The summed E-state index contributed by atoms with van der Waals surface area (Å²) in [7, 11) is 0. The van der Waals surface area contributed by atoms with E-state index in [0.717, 1.165) is 37.8 Å². The highest BCUT2D eigenvalue weighted by Gasteiger charge is 2.29.